The van der Waals surface area contributed by atoms with E-state index in [1.54, 1.807) is 0 Å². The van der Waals surface area contributed by atoms with Crippen molar-refractivity contribution in [3.8, 4) is 0 Å². The lowest BCUT2D eigenvalue weighted by atomic mass is 9.99. The molecule has 3 N–H and O–H groups in total. The molecule has 654 valence electrons. The fraction of sp³-hybridized carbons (Fsp3) is 0.956. The molecule has 0 saturated heterocycles. The van der Waals surface area contributed by atoms with Gasteiger partial charge in [-0.15, -0.1) is 0 Å². The molecule has 19 heteroatoms. The molecule has 0 aliphatic rings. The van der Waals surface area contributed by atoms with Crippen LogP contribution < -0.4 is 0 Å². The van der Waals surface area contributed by atoms with E-state index in [0.29, 0.717) is 25.7 Å². The first kappa shape index (κ1) is 108. The van der Waals surface area contributed by atoms with Gasteiger partial charge in [-0.2, -0.15) is 0 Å². The zero-order valence-electron chi connectivity index (χ0n) is 72.6. The minimum Gasteiger partial charge on any atom is -0.462 e. The fourth-order valence-electron chi connectivity index (χ4n) is 14.3. The second-order valence-corrected chi connectivity index (χ2v) is 36.3. The molecule has 0 aliphatic heterocycles. The summed E-state index contributed by atoms with van der Waals surface area (Å²) >= 11 is 0. The highest BCUT2D eigenvalue weighted by Gasteiger charge is 2.31. The molecule has 0 heterocycles. The molecule has 0 fully saturated rings. The zero-order valence-corrected chi connectivity index (χ0v) is 74.4. The highest BCUT2D eigenvalue weighted by molar-refractivity contribution is 7.47. The van der Waals surface area contributed by atoms with Gasteiger partial charge in [0.1, 0.15) is 19.3 Å². The predicted molar refractivity (Wildman–Crippen MR) is 455 cm³/mol. The van der Waals surface area contributed by atoms with Gasteiger partial charge in [-0.3, -0.25) is 37.3 Å². The van der Waals surface area contributed by atoms with Crippen LogP contribution in [0.3, 0.4) is 0 Å². The summed E-state index contributed by atoms with van der Waals surface area (Å²) in [4.78, 5) is 73.4. The quantitative estimate of drug-likeness (QED) is 0.0222. The van der Waals surface area contributed by atoms with Crippen LogP contribution in [0.15, 0.2) is 0 Å². The molecule has 0 saturated carbocycles. The molecule has 3 unspecified atom stereocenters. The standard InChI is InChI=1S/C91H178O17P2/c1-7-10-12-14-16-18-20-22-23-26-32-39-45-51-57-63-69-75-90(95)107-86(79-101-88(93)73-67-61-55-49-43-35-21-19-17-15-13-11-8-2)81-105-109(97,98)103-77-85(92)78-104-110(99,100)106-82-87(80-102-89(94)74-68-62-56-50-44-38-34-29-30-36-41-47-53-59-65-71-83(4)5)108-91(96)76-70-64-58-52-46-40-33-28-25-24-27-31-37-42-48-54-60-66-72-84(6)9-3/h83-87,92H,7-82H2,1-6H3,(H,97,98)(H,99,100)/t84?,85-,86+,87+/m0/s1. The third kappa shape index (κ3) is 82.6. The van der Waals surface area contributed by atoms with E-state index >= 15 is 0 Å². The second-order valence-electron chi connectivity index (χ2n) is 33.4. The van der Waals surface area contributed by atoms with Crippen molar-refractivity contribution >= 4 is 39.5 Å². The number of ether oxygens (including phenoxy) is 4. The van der Waals surface area contributed by atoms with Gasteiger partial charge in [-0.1, -0.05) is 440 Å². The molecule has 0 rings (SSSR count). The van der Waals surface area contributed by atoms with Gasteiger partial charge in [0.25, 0.3) is 0 Å². The van der Waals surface area contributed by atoms with E-state index in [1.165, 1.54) is 308 Å². The average Bonchev–Trinajstić information content (AvgIpc) is 0.897. The Kier molecular flexibility index (Phi) is 80.7. The maximum atomic E-state index is 13.2. The second kappa shape index (κ2) is 82.2. The number of carbonyl (C=O) groups excluding carboxylic acids is 4. The van der Waals surface area contributed by atoms with Crippen molar-refractivity contribution in [3.63, 3.8) is 0 Å². The largest absolute Gasteiger partial charge is 0.472 e. The Morgan fingerprint density at radius 3 is 0.691 bits per heavy atom. The molecule has 6 atom stereocenters. The summed E-state index contributed by atoms with van der Waals surface area (Å²) in [5, 5.41) is 10.7. The van der Waals surface area contributed by atoms with Crippen LogP contribution in [0, 0.1) is 11.8 Å². The number of aliphatic hydroxyl groups excluding tert-OH is 1. The molecular formula is C91H178O17P2. The van der Waals surface area contributed by atoms with Crippen molar-refractivity contribution in [2.45, 2.75) is 509 Å². The molecule has 110 heavy (non-hydrogen) atoms. The monoisotopic (exact) mass is 1610 g/mol. The van der Waals surface area contributed by atoms with Crippen LogP contribution in [0.5, 0.6) is 0 Å². The number of phosphoric ester groups is 2. The minimum atomic E-state index is -4.97. The van der Waals surface area contributed by atoms with Gasteiger partial charge >= 0.3 is 39.5 Å². The number of rotatable bonds is 90. The SMILES string of the molecule is CCCCCCCCCCCCCCCCCCCC(=O)O[C@H](COC(=O)CCCCCCCCCCCCCCC)COP(=O)(O)OC[C@H](O)COP(=O)(O)OC[C@@H](COC(=O)CCCCCCCCCCCCCCCCCC(C)C)OC(=O)CCCCCCCCCCCCCCCCCCCCC(C)CC. The van der Waals surface area contributed by atoms with Crippen molar-refractivity contribution < 1.29 is 80.2 Å². The van der Waals surface area contributed by atoms with E-state index in [-0.39, 0.29) is 25.7 Å². The highest BCUT2D eigenvalue weighted by atomic mass is 31.2. The van der Waals surface area contributed by atoms with Crippen LogP contribution in [-0.4, -0.2) is 96.7 Å². The molecule has 0 spiro atoms. The number of carbonyl (C=O) groups is 4. The van der Waals surface area contributed by atoms with Gasteiger partial charge in [-0.25, -0.2) is 9.13 Å². The van der Waals surface area contributed by atoms with E-state index < -0.39 is 97.5 Å². The van der Waals surface area contributed by atoms with Crippen LogP contribution in [-0.2, 0) is 65.4 Å². The Labute approximate surface area is 677 Å². The van der Waals surface area contributed by atoms with Gasteiger partial charge in [0.2, 0.25) is 0 Å². The van der Waals surface area contributed by atoms with Crippen molar-refractivity contribution in [1.29, 1.82) is 0 Å². The smallest absolute Gasteiger partial charge is 0.462 e. The summed E-state index contributed by atoms with van der Waals surface area (Å²) in [7, 11) is -9.94. The topological polar surface area (TPSA) is 237 Å². The number of aliphatic hydroxyl groups is 1. The minimum absolute atomic E-state index is 0.109. The predicted octanol–water partition coefficient (Wildman–Crippen LogP) is 28.2. The molecule has 0 aromatic carbocycles. The number of phosphoric acid groups is 2. The number of esters is 4. The first-order valence-corrected chi connectivity index (χ1v) is 50.0. The molecule has 0 radical (unpaired) electrons. The van der Waals surface area contributed by atoms with E-state index in [2.05, 4.69) is 41.5 Å². The van der Waals surface area contributed by atoms with Gasteiger partial charge in [0, 0.05) is 25.7 Å². The van der Waals surface area contributed by atoms with Crippen LogP contribution in [0.2, 0.25) is 0 Å². The van der Waals surface area contributed by atoms with Crippen LogP contribution >= 0.6 is 15.6 Å². The van der Waals surface area contributed by atoms with Gasteiger partial charge < -0.3 is 33.8 Å². The molecular weight excluding hydrogens is 1430 g/mol. The summed E-state index contributed by atoms with van der Waals surface area (Å²) in [5.41, 5.74) is 0. The Morgan fingerprint density at radius 1 is 0.264 bits per heavy atom. The normalized spacial score (nSPS) is 14.0. The van der Waals surface area contributed by atoms with Crippen LogP contribution in [0.25, 0.3) is 0 Å². The third-order valence-electron chi connectivity index (χ3n) is 21.8. The summed E-state index contributed by atoms with van der Waals surface area (Å²) in [6.07, 6.45) is 76.2. The molecule has 0 amide bonds. The summed E-state index contributed by atoms with van der Waals surface area (Å²) < 4.78 is 69.1. The molecule has 0 aromatic heterocycles. The maximum Gasteiger partial charge on any atom is 0.472 e. The lowest BCUT2D eigenvalue weighted by Crippen LogP contribution is -2.30. The zero-order chi connectivity index (χ0) is 80.6. The first-order valence-electron chi connectivity index (χ1n) is 47.0. The Morgan fingerprint density at radius 2 is 0.464 bits per heavy atom. The average molecular weight is 1610 g/mol. The number of hydrogen-bond donors (Lipinski definition) is 3. The van der Waals surface area contributed by atoms with E-state index in [1.807, 2.05) is 0 Å². The Hall–Kier alpha value is -1.94. The summed E-state index contributed by atoms with van der Waals surface area (Å²) in [6.45, 7) is 9.81. The third-order valence-corrected chi connectivity index (χ3v) is 23.7. The number of hydrogen-bond acceptors (Lipinski definition) is 15. The van der Waals surface area contributed by atoms with Crippen molar-refractivity contribution in [2.75, 3.05) is 39.6 Å². The molecule has 0 bridgehead atoms. The number of unbranched alkanes of at least 4 members (excludes halogenated alkanes) is 59. The summed E-state index contributed by atoms with van der Waals surface area (Å²) in [5.74, 6) is -0.416. The van der Waals surface area contributed by atoms with Crippen LogP contribution in [0.1, 0.15) is 491 Å². The van der Waals surface area contributed by atoms with Gasteiger partial charge in [-0.05, 0) is 37.5 Å². The van der Waals surface area contributed by atoms with Crippen molar-refractivity contribution in [1.82, 2.24) is 0 Å². The highest BCUT2D eigenvalue weighted by Crippen LogP contribution is 2.45. The van der Waals surface area contributed by atoms with E-state index in [4.69, 9.17) is 37.0 Å². The fourth-order valence-corrected chi connectivity index (χ4v) is 15.9. The van der Waals surface area contributed by atoms with Gasteiger partial charge in [0.05, 0.1) is 26.4 Å². The maximum absolute atomic E-state index is 13.2. The van der Waals surface area contributed by atoms with E-state index in [0.717, 1.165) is 102 Å². The Balaban J connectivity index is 5.26. The molecule has 17 nitrogen and oxygen atoms in total. The summed E-state index contributed by atoms with van der Waals surface area (Å²) in [6, 6.07) is 0. The van der Waals surface area contributed by atoms with Crippen LogP contribution in [0.4, 0.5) is 0 Å². The van der Waals surface area contributed by atoms with Crippen molar-refractivity contribution in [2.24, 2.45) is 11.8 Å². The Bertz CT molecular complexity index is 2100. The van der Waals surface area contributed by atoms with Crippen molar-refractivity contribution in [3.05, 3.63) is 0 Å². The van der Waals surface area contributed by atoms with Gasteiger partial charge in [0.15, 0.2) is 12.2 Å². The lowest BCUT2D eigenvalue weighted by molar-refractivity contribution is -0.161. The lowest BCUT2D eigenvalue weighted by Gasteiger charge is -2.21. The molecule has 0 aromatic rings. The first-order chi connectivity index (χ1) is 53.4. The molecule has 0 aliphatic carbocycles. The van der Waals surface area contributed by atoms with E-state index in [9.17, 15) is 43.2 Å².